The molecule has 0 saturated carbocycles. The molecule has 0 atom stereocenters. The van der Waals surface area contributed by atoms with Gasteiger partial charge in [0, 0.05) is 25.9 Å². The highest BCUT2D eigenvalue weighted by Crippen LogP contribution is 2.31. The number of carbonyl (C=O) groups excluding carboxylic acids is 1. The number of nitrogens with zero attached hydrogens (tertiary/aromatic N) is 4. The van der Waals surface area contributed by atoms with E-state index < -0.39 is 0 Å². The third-order valence-electron chi connectivity index (χ3n) is 3.54. The summed E-state index contributed by atoms with van der Waals surface area (Å²) < 4.78 is 2.94. The molecule has 0 aliphatic rings. The van der Waals surface area contributed by atoms with E-state index in [9.17, 15) is 4.79 Å². The molecule has 1 aromatic carbocycles. The predicted octanol–water partition coefficient (Wildman–Crippen LogP) is 3.16. The second-order valence-corrected chi connectivity index (χ2v) is 6.37. The van der Waals surface area contributed by atoms with Crippen LogP contribution in [0.1, 0.15) is 18.1 Å². The molecule has 3 aromatic rings. The van der Waals surface area contributed by atoms with Gasteiger partial charge in [0.15, 0.2) is 5.13 Å². The van der Waals surface area contributed by atoms with E-state index in [0.29, 0.717) is 13.1 Å². The predicted molar refractivity (Wildman–Crippen MR) is 89.3 cm³/mol. The zero-order chi connectivity index (χ0) is 15.7. The topological polar surface area (TPSA) is 51.0 Å². The third-order valence-corrected chi connectivity index (χ3v) is 4.57. The lowest BCUT2D eigenvalue weighted by Crippen LogP contribution is -2.31. The number of aryl methyl sites for hydroxylation is 2. The van der Waals surface area contributed by atoms with Gasteiger partial charge in [0.25, 0.3) is 0 Å². The third kappa shape index (κ3) is 2.87. The van der Waals surface area contributed by atoms with Crippen LogP contribution >= 0.6 is 11.3 Å². The number of fused-ring (bicyclic) bond motifs is 1. The van der Waals surface area contributed by atoms with Crippen molar-refractivity contribution in [3.63, 3.8) is 0 Å². The van der Waals surface area contributed by atoms with Crippen LogP contribution in [0.5, 0.6) is 0 Å². The molecule has 0 aliphatic carbocycles. The van der Waals surface area contributed by atoms with Gasteiger partial charge in [-0.25, -0.2) is 4.98 Å². The molecule has 5 nitrogen and oxygen atoms in total. The molecule has 22 heavy (non-hydrogen) atoms. The average Bonchev–Trinajstić information content (AvgIpc) is 3.07. The summed E-state index contributed by atoms with van der Waals surface area (Å²) >= 11 is 1.56. The summed E-state index contributed by atoms with van der Waals surface area (Å²) in [6.45, 7) is 6.93. The summed E-state index contributed by atoms with van der Waals surface area (Å²) in [4.78, 5) is 18.4. The minimum atomic E-state index is 0.000544. The lowest BCUT2D eigenvalue weighted by Gasteiger charge is -2.17. The summed E-state index contributed by atoms with van der Waals surface area (Å²) in [5, 5.41) is 4.92. The Hall–Kier alpha value is -2.21. The first-order valence-corrected chi connectivity index (χ1v) is 7.99. The molecule has 1 amide bonds. The number of hydrogen-bond acceptors (Lipinski definition) is 4. The maximum Gasteiger partial charge on any atom is 0.225 e. The maximum absolute atomic E-state index is 12.0. The Labute approximate surface area is 133 Å². The van der Waals surface area contributed by atoms with Crippen molar-refractivity contribution >= 4 is 32.6 Å². The molecule has 2 aromatic heterocycles. The molecule has 3 rings (SSSR count). The first-order valence-electron chi connectivity index (χ1n) is 7.18. The Morgan fingerprint density at radius 2 is 2.18 bits per heavy atom. The highest BCUT2D eigenvalue weighted by molar-refractivity contribution is 7.22. The van der Waals surface area contributed by atoms with Crippen LogP contribution in [0, 0.1) is 13.8 Å². The number of rotatable bonds is 4. The van der Waals surface area contributed by atoms with Gasteiger partial charge in [-0.15, -0.1) is 0 Å². The molecular formula is C16H18N4OS. The van der Waals surface area contributed by atoms with Gasteiger partial charge < -0.3 is 0 Å². The zero-order valence-electron chi connectivity index (χ0n) is 12.9. The summed E-state index contributed by atoms with van der Waals surface area (Å²) in [6.07, 6.45) is 3.63. The van der Waals surface area contributed by atoms with E-state index >= 15 is 0 Å². The van der Waals surface area contributed by atoms with Crippen LogP contribution in [0.15, 0.2) is 30.6 Å². The van der Waals surface area contributed by atoms with Crippen molar-refractivity contribution < 1.29 is 4.79 Å². The van der Waals surface area contributed by atoms with E-state index in [0.717, 1.165) is 20.9 Å². The van der Waals surface area contributed by atoms with E-state index in [2.05, 4.69) is 36.1 Å². The molecule has 0 saturated heterocycles. The normalized spacial score (nSPS) is 11.0. The molecule has 0 radical (unpaired) electrons. The highest BCUT2D eigenvalue weighted by atomic mass is 32.1. The number of thiazole rings is 1. The van der Waals surface area contributed by atoms with Gasteiger partial charge in [0.05, 0.1) is 16.8 Å². The molecule has 0 bridgehead atoms. The van der Waals surface area contributed by atoms with Crippen LogP contribution in [-0.4, -0.2) is 27.2 Å². The molecule has 0 spiro atoms. The quantitative estimate of drug-likeness (QED) is 0.743. The largest absolute Gasteiger partial charge is 0.286 e. The van der Waals surface area contributed by atoms with Crippen molar-refractivity contribution in [1.29, 1.82) is 0 Å². The SMILES string of the molecule is CC(=O)N(CCn1cccn1)c1nc2c(C)cc(C)cc2s1. The summed E-state index contributed by atoms with van der Waals surface area (Å²) in [5.41, 5.74) is 3.34. The summed E-state index contributed by atoms with van der Waals surface area (Å²) in [6, 6.07) is 6.12. The zero-order valence-corrected chi connectivity index (χ0v) is 13.7. The average molecular weight is 314 g/mol. The number of benzene rings is 1. The lowest BCUT2D eigenvalue weighted by molar-refractivity contribution is -0.116. The first-order chi connectivity index (χ1) is 10.5. The standard InChI is InChI=1S/C16H18N4OS/c1-11-9-12(2)15-14(10-11)22-16(18-15)20(13(3)21)8-7-19-6-4-5-17-19/h4-6,9-10H,7-8H2,1-3H3. The Balaban J connectivity index is 1.91. The van der Waals surface area contributed by atoms with Crippen LogP contribution < -0.4 is 4.90 Å². The Kier molecular flexibility index (Phi) is 3.94. The Bertz CT molecular complexity index is 807. The van der Waals surface area contributed by atoms with Crippen molar-refractivity contribution in [2.45, 2.75) is 27.3 Å². The summed E-state index contributed by atoms with van der Waals surface area (Å²) in [7, 11) is 0. The van der Waals surface area contributed by atoms with Crippen molar-refractivity contribution in [2.24, 2.45) is 0 Å². The Morgan fingerprint density at radius 1 is 1.36 bits per heavy atom. The Morgan fingerprint density at radius 3 is 2.86 bits per heavy atom. The van der Waals surface area contributed by atoms with Crippen LogP contribution in [-0.2, 0) is 11.3 Å². The van der Waals surface area contributed by atoms with E-state index in [1.54, 1.807) is 29.4 Å². The summed E-state index contributed by atoms with van der Waals surface area (Å²) in [5.74, 6) is 0.000544. The van der Waals surface area contributed by atoms with Gasteiger partial charge in [0.2, 0.25) is 5.91 Å². The van der Waals surface area contributed by atoms with Crippen LogP contribution in [0.3, 0.4) is 0 Å². The van der Waals surface area contributed by atoms with Crippen molar-refractivity contribution in [2.75, 3.05) is 11.4 Å². The van der Waals surface area contributed by atoms with Crippen LogP contribution in [0.25, 0.3) is 10.2 Å². The smallest absolute Gasteiger partial charge is 0.225 e. The molecule has 0 fully saturated rings. The van der Waals surface area contributed by atoms with Gasteiger partial charge in [0.1, 0.15) is 0 Å². The van der Waals surface area contributed by atoms with E-state index in [1.165, 1.54) is 5.56 Å². The number of amides is 1. The van der Waals surface area contributed by atoms with Crippen LogP contribution in [0.4, 0.5) is 5.13 Å². The first kappa shape index (κ1) is 14.7. The minimum absolute atomic E-state index is 0.000544. The van der Waals surface area contributed by atoms with Crippen LogP contribution in [0.2, 0.25) is 0 Å². The van der Waals surface area contributed by atoms with E-state index in [-0.39, 0.29) is 5.91 Å². The highest BCUT2D eigenvalue weighted by Gasteiger charge is 2.17. The number of anilines is 1. The van der Waals surface area contributed by atoms with Crippen molar-refractivity contribution in [3.05, 3.63) is 41.7 Å². The van der Waals surface area contributed by atoms with Gasteiger partial charge in [-0.2, -0.15) is 5.10 Å². The molecule has 0 unspecified atom stereocenters. The van der Waals surface area contributed by atoms with Crippen molar-refractivity contribution in [3.8, 4) is 0 Å². The minimum Gasteiger partial charge on any atom is -0.286 e. The fourth-order valence-corrected chi connectivity index (χ4v) is 3.71. The van der Waals surface area contributed by atoms with Gasteiger partial charge >= 0.3 is 0 Å². The van der Waals surface area contributed by atoms with E-state index in [4.69, 9.17) is 0 Å². The molecule has 114 valence electrons. The van der Waals surface area contributed by atoms with Gasteiger partial charge in [-0.3, -0.25) is 14.4 Å². The molecule has 6 heteroatoms. The second-order valence-electron chi connectivity index (χ2n) is 5.36. The monoisotopic (exact) mass is 314 g/mol. The lowest BCUT2D eigenvalue weighted by atomic mass is 10.1. The fourth-order valence-electron chi connectivity index (χ4n) is 2.50. The van der Waals surface area contributed by atoms with E-state index in [1.807, 2.05) is 16.9 Å². The van der Waals surface area contributed by atoms with Crippen molar-refractivity contribution in [1.82, 2.24) is 14.8 Å². The fraction of sp³-hybridized carbons (Fsp3) is 0.312. The molecule has 2 heterocycles. The van der Waals surface area contributed by atoms with Gasteiger partial charge in [-0.1, -0.05) is 17.4 Å². The number of hydrogen-bond donors (Lipinski definition) is 0. The number of carbonyl (C=O) groups is 1. The molecule has 0 aliphatic heterocycles. The molecular weight excluding hydrogens is 296 g/mol. The second kappa shape index (κ2) is 5.88. The number of aromatic nitrogens is 3. The molecule has 0 N–H and O–H groups in total. The maximum atomic E-state index is 12.0. The van der Waals surface area contributed by atoms with Gasteiger partial charge in [-0.05, 0) is 37.1 Å².